The Morgan fingerprint density at radius 1 is 1.00 bits per heavy atom. The third-order valence-corrected chi connectivity index (χ3v) is 8.33. The Kier molecular flexibility index (Phi) is 11.8. The first-order valence-corrected chi connectivity index (χ1v) is 12.6. The average molecular weight is 389 g/mol. The summed E-state index contributed by atoms with van der Waals surface area (Å²) in [7, 11) is 0. The van der Waals surface area contributed by atoms with Gasteiger partial charge in [0.25, 0.3) is 0 Å². The van der Waals surface area contributed by atoms with Gasteiger partial charge in [-0.05, 0) is 81.0 Å². The quantitative estimate of drug-likeness (QED) is 0.275. The summed E-state index contributed by atoms with van der Waals surface area (Å²) in [4.78, 5) is 0. The maximum Gasteiger partial charge on any atom is -0.0135 e. The zero-order valence-electron chi connectivity index (χ0n) is 20.7. The van der Waals surface area contributed by atoms with E-state index in [1.165, 1.54) is 63.4 Å². The highest BCUT2D eigenvalue weighted by atomic mass is 14.4. The molecular weight excluding hydrogens is 336 g/mol. The van der Waals surface area contributed by atoms with E-state index in [9.17, 15) is 0 Å². The van der Waals surface area contributed by atoms with Crippen LogP contribution in [0.1, 0.15) is 113 Å². The van der Waals surface area contributed by atoms with Gasteiger partial charge in [-0.1, -0.05) is 90.9 Å². The van der Waals surface area contributed by atoms with E-state index in [2.05, 4.69) is 68.0 Å². The lowest BCUT2D eigenvalue weighted by Gasteiger charge is -2.37. The van der Waals surface area contributed by atoms with Crippen molar-refractivity contribution in [3.63, 3.8) is 0 Å². The minimum absolute atomic E-state index is 0.721. The summed E-state index contributed by atoms with van der Waals surface area (Å²) in [5, 5.41) is 0. The van der Waals surface area contributed by atoms with Gasteiger partial charge in [-0.25, -0.2) is 0 Å². The highest BCUT2D eigenvalue weighted by Crippen LogP contribution is 2.44. The molecule has 0 amide bonds. The molecule has 1 aliphatic carbocycles. The number of hydrogen-bond donors (Lipinski definition) is 0. The molecule has 6 unspecified atom stereocenters. The SMILES string of the molecule is C=C(C)CC(C(=CC)C1CCCC1)C(CCC)CC(C)C(C)C(C)C(C)CC. The van der Waals surface area contributed by atoms with Crippen molar-refractivity contribution >= 4 is 0 Å². The van der Waals surface area contributed by atoms with Crippen LogP contribution in [0.4, 0.5) is 0 Å². The van der Waals surface area contributed by atoms with Gasteiger partial charge < -0.3 is 0 Å². The second-order valence-electron chi connectivity index (χ2n) is 10.4. The summed E-state index contributed by atoms with van der Waals surface area (Å²) in [6, 6.07) is 0. The Morgan fingerprint density at radius 3 is 2.04 bits per heavy atom. The fraction of sp³-hybridized carbons (Fsp3) is 0.857. The van der Waals surface area contributed by atoms with Gasteiger partial charge in [-0.3, -0.25) is 0 Å². The summed E-state index contributed by atoms with van der Waals surface area (Å²) >= 11 is 0. The molecule has 0 N–H and O–H groups in total. The molecule has 0 heteroatoms. The van der Waals surface area contributed by atoms with Crippen LogP contribution in [0.15, 0.2) is 23.8 Å². The Hall–Kier alpha value is -0.520. The molecular formula is C28H52. The van der Waals surface area contributed by atoms with Crippen LogP contribution in [-0.2, 0) is 0 Å². The van der Waals surface area contributed by atoms with Crippen molar-refractivity contribution in [1.29, 1.82) is 0 Å². The molecule has 6 atom stereocenters. The smallest absolute Gasteiger partial charge is 0.0135 e. The number of rotatable bonds is 13. The van der Waals surface area contributed by atoms with Gasteiger partial charge in [-0.2, -0.15) is 0 Å². The second-order valence-corrected chi connectivity index (χ2v) is 10.4. The molecule has 0 heterocycles. The summed E-state index contributed by atoms with van der Waals surface area (Å²) < 4.78 is 0. The van der Waals surface area contributed by atoms with Crippen molar-refractivity contribution in [3.05, 3.63) is 23.8 Å². The molecule has 1 saturated carbocycles. The van der Waals surface area contributed by atoms with E-state index < -0.39 is 0 Å². The maximum absolute atomic E-state index is 4.33. The van der Waals surface area contributed by atoms with Crippen LogP contribution in [-0.4, -0.2) is 0 Å². The molecule has 164 valence electrons. The van der Waals surface area contributed by atoms with E-state index in [1.807, 2.05) is 0 Å². The molecule has 0 bridgehead atoms. The van der Waals surface area contributed by atoms with Crippen LogP contribution in [0.3, 0.4) is 0 Å². The Balaban J connectivity index is 3.01. The minimum atomic E-state index is 0.721. The van der Waals surface area contributed by atoms with E-state index in [1.54, 1.807) is 5.57 Å². The lowest BCUT2D eigenvalue weighted by atomic mass is 9.68. The maximum atomic E-state index is 4.33. The molecule has 0 aromatic carbocycles. The lowest BCUT2D eigenvalue weighted by molar-refractivity contribution is 0.164. The van der Waals surface area contributed by atoms with Crippen LogP contribution >= 0.6 is 0 Å². The average Bonchev–Trinajstić information content (AvgIpc) is 3.19. The van der Waals surface area contributed by atoms with Gasteiger partial charge in [0, 0.05) is 0 Å². The monoisotopic (exact) mass is 388 g/mol. The molecule has 28 heavy (non-hydrogen) atoms. The molecule has 0 saturated heterocycles. The standard InChI is InChI=1S/C28H52/c1-10-15-26(19-22(7)24(9)23(8)21(6)11-2)28(18-20(4)5)27(12-3)25-16-13-14-17-25/h12,21-26,28H,4,10-11,13-19H2,1-3,5-9H3. The van der Waals surface area contributed by atoms with Crippen molar-refractivity contribution in [1.82, 2.24) is 0 Å². The molecule has 0 aromatic heterocycles. The van der Waals surface area contributed by atoms with Crippen LogP contribution in [0, 0.1) is 41.4 Å². The molecule has 0 nitrogen and oxygen atoms in total. The lowest BCUT2D eigenvalue weighted by Crippen LogP contribution is -2.28. The van der Waals surface area contributed by atoms with Crippen LogP contribution < -0.4 is 0 Å². The Bertz CT molecular complexity index is 464. The third-order valence-electron chi connectivity index (χ3n) is 8.33. The van der Waals surface area contributed by atoms with E-state index in [0.717, 1.165) is 41.4 Å². The fourth-order valence-corrected chi connectivity index (χ4v) is 5.90. The van der Waals surface area contributed by atoms with Gasteiger partial charge in [0.1, 0.15) is 0 Å². The number of hydrogen-bond acceptors (Lipinski definition) is 0. The molecule has 1 rings (SSSR count). The molecule has 0 aliphatic heterocycles. The summed E-state index contributed by atoms with van der Waals surface area (Å²) in [6.45, 7) is 23.6. The van der Waals surface area contributed by atoms with Crippen LogP contribution in [0.25, 0.3) is 0 Å². The van der Waals surface area contributed by atoms with Crippen molar-refractivity contribution in [3.8, 4) is 0 Å². The highest BCUT2D eigenvalue weighted by molar-refractivity contribution is 5.16. The van der Waals surface area contributed by atoms with E-state index in [0.29, 0.717) is 0 Å². The molecule has 1 fully saturated rings. The topological polar surface area (TPSA) is 0 Å². The van der Waals surface area contributed by atoms with Gasteiger partial charge >= 0.3 is 0 Å². The molecule has 0 spiro atoms. The first-order valence-electron chi connectivity index (χ1n) is 12.6. The van der Waals surface area contributed by atoms with Crippen molar-refractivity contribution in [2.45, 2.75) is 113 Å². The van der Waals surface area contributed by atoms with Gasteiger partial charge in [0.2, 0.25) is 0 Å². The summed E-state index contributed by atoms with van der Waals surface area (Å²) in [5.41, 5.74) is 3.16. The van der Waals surface area contributed by atoms with Crippen molar-refractivity contribution < 1.29 is 0 Å². The molecule has 1 aliphatic rings. The second kappa shape index (κ2) is 12.9. The summed E-state index contributed by atoms with van der Waals surface area (Å²) in [5.74, 6) is 5.64. The van der Waals surface area contributed by atoms with E-state index in [4.69, 9.17) is 0 Å². The van der Waals surface area contributed by atoms with Gasteiger partial charge in [0.05, 0.1) is 0 Å². The van der Waals surface area contributed by atoms with Crippen molar-refractivity contribution in [2.75, 3.05) is 0 Å². The van der Waals surface area contributed by atoms with E-state index >= 15 is 0 Å². The first kappa shape index (κ1) is 25.5. The zero-order chi connectivity index (χ0) is 21.3. The van der Waals surface area contributed by atoms with Crippen molar-refractivity contribution in [2.24, 2.45) is 41.4 Å². The first-order chi connectivity index (χ1) is 13.3. The van der Waals surface area contributed by atoms with Crippen LogP contribution in [0.5, 0.6) is 0 Å². The van der Waals surface area contributed by atoms with Crippen LogP contribution in [0.2, 0.25) is 0 Å². The highest BCUT2D eigenvalue weighted by Gasteiger charge is 2.33. The van der Waals surface area contributed by atoms with E-state index in [-0.39, 0.29) is 0 Å². The summed E-state index contributed by atoms with van der Waals surface area (Å²) in [6.07, 6.45) is 14.8. The Morgan fingerprint density at radius 2 is 1.57 bits per heavy atom. The minimum Gasteiger partial charge on any atom is -0.100 e. The molecule has 0 aromatic rings. The van der Waals surface area contributed by atoms with Gasteiger partial charge in [0.15, 0.2) is 0 Å². The molecule has 0 radical (unpaired) electrons. The largest absolute Gasteiger partial charge is 0.100 e. The van der Waals surface area contributed by atoms with Gasteiger partial charge in [-0.15, -0.1) is 6.58 Å². The third kappa shape index (κ3) is 7.38. The predicted molar refractivity (Wildman–Crippen MR) is 129 cm³/mol. The normalized spacial score (nSPS) is 22.5. The predicted octanol–water partition coefficient (Wildman–Crippen LogP) is 9.47. The zero-order valence-corrected chi connectivity index (χ0v) is 20.7. The Labute approximate surface area is 178 Å². The fourth-order valence-electron chi connectivity index (χ4n) is 5.90. The number of allylic oxidation sites excluding steroid dienone is 3.